The Balaban J connectivity index is 1.30. The van der Waals surface area contributed by atoms with Gasteiger partial charge in [0, 0.05) is 30.8 Å². The molecule has 0 saturated carbocycles. The van der Waals surface area contributed by atoms with E-state index < -0.39 is 0 Å². The van der Waals surface area contributed by atoms with E-state index in [0.717, 1.165) is 55.4 Å². The van der Waals surface area contributed by atoms with Gasteiger partial charge in [-0.25, -0.2) is 9.97 Å². The highest BCUT2D eigenvalue weighted by Crippen LogP contribution is 2.27. The number of carbonyl (C=O) groups excluding carboxylic acids is 1. The maximum absolute atomic E-state index is 12.7. The molecule has 2 heterocycles. The van der Waals surface area contributed by atoms with Crippen molar-refractivity contribution in [2.24, 2.45) is 5.92 Å². The summed E-state index contributed by atoms with van der Waals surface area (Å²) < 4.78 is 11.4. The van der Waals surface area contributed by atoms with Gasteiger partial charge in [0.25, 0.3) is 0 Å². The maximum Gasteiger partial charge on any atom is 0.227 e. The predicted octanol–water partition coefficient (Wildman–Crippen LogP) is 5.09. The first-order valence-corrected chi connectivity index (χ1v) is 11.5. The van der Waals surface area contributed by atoms with E-state index in [1.165, 1.54) is 11.9 Å². The van der Waals surface area contributed by atoms with Gasteiger partial charge in [-0.2, -0.15) is 0 Å². The Labute approximate surface area is 194 Å². The second-order valence-electron chi connectivity index (χ2n) is 8.02. The topological polar surface area (TPSA) is 76.6 Å². The molecule has 0 unspecified atom stereocenters. The lowest BCUT2D eigenvalue weighted by Gasteiger charge is -2.32. The van der Waals surface area contributed by atoms with Crippen molar-refractivity contribution < 1.29 is 14.3 Å². The fourth-order valence-electron chi connectivity index (χ4n) is 3.89. The number of amides is 1. The molecule has 7 heteroatoms. The van der Waals surface area contributed by atoms with Crippen LogP contribution in [0, 0.1) is 5.92 Å². The van der Waals surface area contributed by atoms with Crippen molar-refractivity contribution >= 4 is 17.4 Å². The quantitative estimate of drug-likeness (QED) is 0.520. The predicted molar refractivity (Wildman–Crippen MR) is 129 cm³/mol. The second-order valence-corrected chi connectivity index (χ2v) is 8.02. The molecule has 0 atom stereocenters. The number of nitrogens with one attached hydrogen (secondary N) is 1. The lowest BCUT2D eigenvalue weighted by atomic mass is 9.96. The third-order valence-corrected chi connectivity index (χ3v) is 5.80. The first kappa shape index (κ1) is 22.6. The largest absolute Gasteiger partial charge is 0.494 e. The van der Waals surface area contributed by atoms with Gasteiger partial charge >= 0.3 is 0 Å². The molecule has 1 aliphatic heterocycles. The van der Waals surface area contributed by atoms with Gasteiger partial charge in [-0.1, -0.05) is 19.1 Å². The number of hydrogen-bond acceptors (Lipinski definition) is 6. The van der Waals surface area contributed by atoms with Gasteiger partial charge in [0.1, 0.15) is 23.6 Å². The normalized spacial score (nSPS) is 14.1. The van der Waals surface area contributed by atoms with E-state index in [1.54, 1.807) is 0 Å². The van der Waals surface area contributed by atoms with Crippen molar-refractivity contribution in [3.8, 4) is 17.4 Å². The standard InChI is InChI=1S/C26H30N4O3/c1-3-19-5-9-23(10-6-19)33-25-17-24(27-18-28-25)30-15-13-20(14-16-30)26(31)29-21-7-11-22(12-8-21)32-4-2/h5-12,17-18,20H,3-4,13-16H2,1-2H3,(H,29,31). The van der Waals surface area contributed by atoms with E-state index in [2.05, 4.69) is 39.2 Å². The molecule has 33 heavy (non-hydrogen) atoms. The molecule has 0 bridgehead atoms. The van der Waals surface area contributed by atoms with Crippen molar-refractivity contribution in [3.05, 3.63) is 66.5 Å². The fourth-order valence-corrected chi connectivity index (χ4v) is 3.89. The first-order valence-electron chi connectivity index (χ1n) is 11.5. The second kappa shape index (κ2) is 10.8. The van der Waals surface area contributed by atoms with Gasteiger partial charge in [0.05, 0.1) is 6.61 Å². The van der Waals surface area contributed by atoms with Crippen LogP contribution in [0.2, 0.25) is 0 Å². The van der Waals surface area contributed by atoms with Crippen molar-refractivity contribution in [1.82, 2.24) is 9.97 Å². The van der Waals surface area contributed by atoms with E-state index >= 15 is 0 Å². The number of carbonyl (C=O) groups is 1. The minimum absolute atomic E-state index is 0.0255. The van der Waals surface area contributed by atoms with Crippen LogP contribution in [-0.2, 0) is 11.2 Å². The van der Waals surface area contributed by atoms with Gasteiger partial charge < -0.3 is 19.7 Å². The summed E-state index contributed by atoms with van der Waals surface area (Å²) >= 11 is 0. The number of benzene rings is 2. The molecule has 1 aliphatic rings. The van der Waals surface area contributed by atoms with Gasteiger partial charge in [0.15, 0.2) is 0 Å². The highest BCUT2D eigenvalue weighted by atomic mass is 16.5. The fraction of sp³-hybridized carbons (Fsp3) is 0.346. The lowest BCUT2D eigenvalue weighted by Crippen LogP contribution is -2.38. The summed E-state index contributed by atoms with van der Waals surface area (Å²) in [5.74, 6) is 2.91. The van der Waals surface area contributed by atoms with Crippen molar-refractivity contribution in [2.45, 2.75) is 33.1 Å². The van der Waals surface area contributed by atoms with E-state index in [-0.39, 0.29) is 11.8 Å². The number of piperidine rings is 1. The minimum Gasteiger partial charge on any atom is -0.494 e. The van der Waals surface area contributed by atoms with E-state index in [4.69, 9.17) is 9.47 Å². The zero-order valence-electron chi connectivity index (χ0n) is 19.2. The molecule has 2 aromatic carbocycles. The van der Waals surface area contributed by atoms with E-state index in [9.17, 15) is 4.79 Å². The summed E-state index contributed by atoms with van der Waals surface area (Å²) in [5, 5.41) is 3.02. The average Bonchev–Trinajstić information content (AvgIpc) is 2.86. The molecule has 1 amide bonds. The minimum atomic E-state index is -0.0255. The van der Waals surface area contributed by atoms with Crippen LogP contribution in [0.3, 0.4) is 0 Å². The van der Waals surface area contributed by atoms with Crippen LogP contribution in [-0.4, -0.2) is 35.6 Å². The zero-order valence-corrected chi connectivity index (χ0v) is 19.2. The summed E-state index contributed by atoms with van der Waals surface area (Å²) in [7, 11) is 0. The first-order chi connectivity index (χ1) is 16.1. The van der Waals surface area contributed by atoms with Crippen LogP contribution in [0.5, 0.6) is 17.4 Å². The number of aromatic nitrogens is 2. The highest BCUT2D eigenvalue weighted by Gasteiger charge is 2.26. The number of anilines is 2. The summed E-state index contributed by atoms with van der Waals surface area (Å²) in [6.07, 6.45) is 4.05. The molecule has 1 aromatic heterocycles. The monoisotopic (exact) mass is 446 g/mol. The molecule has 1 saturated heterocycles. The number of hydrogen-bond donors (Lipinski definition) is 1. The molecule has 7 nitrogen and oxygen atoms in total. The molecule has 0 aliphatic carbocycles. The van der Waals surface area contributed by atoms with Crippen LogP contribution in [0.25, 0.3) is 0 Å². The third kappa shape index (κ3) is 6.00. The summed E-state index contributed by atoms with van der Waals surface area (Å²) in [4.78, 5) is 23.6. The van der Waals surface area contributed by atoms with Crippen molar-refractivity contribution in [2.75, 3.05) is 29.9 Å². The number of ether oxygens (including phenoxy) is 2. The van der Waals surface area contributed by atoms with Crippen LogP contribution in [0.4, 0.5) is 11.5 Å². The number of rotatable bonds is 8. The Kier molecular flexibility index (Phi) is 7.40. The van der Waals surface area contributed by atoms with E-state index in [1.807, 2.05) is 49.4 Å². The van der Waals surface area contributed by atoms with Crippen LogP contribution >= 0.6 is 0 Å². The summed E-state index contributed by atoms with van der Waals surface area (Å²) in [6, 6.07) is 17.4. The molecule has 172 valence electrons. The van der Waals surface area contributed by atoms with Gasteiger partial charge in [-0.15, -0.1) is 0 Å². The Bertz CT molecular complexity index is 1050. The molecule has 0 spiro atoms. The van der Waals surface area contributed by atoms with Crippen LogP contribution in [0.15, 0.2) is 60.9 Å². The molecule has 3 aromatic rings. The number of aryl methyl sites for hydroxylation is 1. The Morgan fingerprint density at radius 1 is 1.00 bits per heavy atom. The third-order valence-electron chi connectivity index (χ3n) is 5.80. The average molecular weight is 447 g/mol. The molecule has 0 radical (unpaired) electrons. The zero-order chi connectivity index (χ0) is 23.0. The summed E-state index contributed by atoms with van der Waals surface area (Å²) in [5.41, 5.74) is 2.05. The lowest BCUT2D eigenvalue weighted by molar-refractivity contribution is -0.120. The highest BCUT2D eigenvalue weighted by molar-refractivity contribution is 5.92. The maximum atomic E-state index is 12.7. The summed E-state index contributed by atoms with van der Waals surface area (Å²) in [6.45, 7) is 6.20. The van der Waals surface area contributed by atoms with Crippen molar-refractivity contribution in [1.29, 1.82) is 0 Å². The van der Waals surface area contributed by atoms with Crippen LogP contribution < -0.4 is 19.7 Å². The van der Waals surface area contributed by atoms with Gasteiger partial charge in [-0.3, -0.25) is 4.79 Å². The molecule has 4 rings (SSSR count). The van der Waals surface area contributed by atoms with E-state index in [0.29, 0.717) is 12.5 Å². The Morgan fingerprint density at radius 3 is 2.36 bits per heavy atom. The number of nitrogens with zero attached hydrogens (tertiary/aromatic N) is 3. The molecule has 1 N–H and O–H groups in total. The van der Waals surface area contributed by atoms with Gasteiger partial charge in [0.2, 0.25) is 11.8 Å². The smallest absolute Gasteiger partial charge is 0.227 e. The Hall–Kier alpha value is -3.61. The molecular formula is C26H30N4O3. The van der Waals surface area contributed by atoms with Crippen molar-refractivity contribution in [3.63, 3.8) is 0 Å². The Morgan fingerprint density at radius 2 is 1.70 bits per heavy atom. The van der Waals surface area contributed by atoms with Crippen LogP contribution in [0.1, 0.15) is 32.3 Å². The molecular weight excluding hydrogens is 416 g/mol. The SMILES string of the molecule is CCOc1ccc(NC(=O)C2CCN(c3cc(Oc4ccc(CC)cc4)ncn3)CC2)cc1. The molecule has 1 fully saturated rings. The van der Waals surface area contributed by atoms with Gasteiger partial charge in [-0.05, 0) is 68.1 Å².